The number of hydrogen-bond acceptors (Lipinski definition) is 2. The van der Waals surface area contributed by atoms with Gasteiger partial charge >= 0.3 is 0 Å². The van der Waals surface area contributed by atoms with E-state index in [1.54, 1.807) is 0 Å². The standard InChI is InChI=1S/C23H34N2Si/c1-20(2)16-23(17-24-26(3,4)5)25(18-21-12-8-6-9-13-21)19-22-14-10-7-11-15-22/h6-15,17,20,23H,16,18-19H2,1-5H3/b24-17+. The maximum Gasteiger partial charge on any atom is 0.171 e. The Labute approximate surface area is 161 Å². The van der Waals surface area contributed by atoms with Crippen LogP contribution in [0.25, 0.3) is 0 Å². The lowest BCUT2D eigenvalue weighted by atomic mass is 10.0. The monoisotopic (exact) mass is 366 g/mol. The highest BCUT2D eigenvalue weighted by Gasteiger charge is 2.20. The van der Waals surface area contributed by atoms with Crippen molar-refractivity contribution in [1.82, 2.24) is 4.90 Å². The number of benzene rings is 2. The van der Waals surface area contributed by atoms with Gasteiger partial charge in [0.1, 0.15) is 0 Å². The first-order valence-corrected chi connectivity index (χ1v) is 13.2. The van der Waals surface area contributed by atoms with Crippen molar-refractivity contribution in [1.29, 1.82) is 0 Å². The van der Waals surface area contributed by atoms with Crippen LogP contribution in [0, 0.1) is 5.92 Å². The van der Waals surface area contributed by atoms with Crippen LogP contribution in [0.5, 0.6) is 0 Å². The van der Waals surface area contributed by atoms with Gasteiger partial charge in [0, 0.05) is 25.3 Å². The average Bonchev–Trinajstić information content (AvgIpc) is 2.59. The average molecular weight is 367 g/mol. The molecule has 2 nitrogen and oxygen atoms in total. The molecule has 2 aromatic rings. The third-order valence-electron chi connectivity index (χ3n) is 4.27. The zero-order valence-electron chi connectivity index (χ0n) is 17.0. The van der Waals surface area contributed by atoms with Crippen LogP contribution in [0.2, 0.25) is 19.6 Å². The van der Waals surface area contributed by atoms with Crippen molar-refractivity contribution in [3.05, 3.63) is 71.8 Å². The van der Waals surface area contributed by atoms with Crippen molar-refractivity contribution in [2.24, 2.45) is 10.6 Å². The van der Waals surface area contributed by atoms with Crippen LogP contribution in [0.3, 0.4) is 0 Å². The Hall–Kier alpha value is -1.71. The second-order valence-electron chi connectivity index (χ2n) is 8.52. The van der Waals surface area contributed by atoms with E-state index in [0.29, 0.717) is 12.0 Å². The minimum absolute atomic E-state index is 0.363. The predicted molar refractivity (Wildman–Crippen MR) is 117 cm³/mol. The zero-order chi connectivity index (χ0) is 19.0. The highest BCUT2D eigenvalue weighted by molar-refractivity contribution is 6.75. The summed E-state index contributed by atoms with van der Waals surface area (Å²) in [6.45, 7) is 13.4. The minimum Gasteiger partial charge on any atom is -0.332 e. The molecule has 26 heavy (non-hydrogen) atoms. The summed E-state index contributed by atoms with van der Waals surface area (Å²) in [6, 6.07) is 21.9. The van der Waals surface area contributed by atoms with Gasteiger partial charge in [-0.05, 0) is 43.1 Å². The van der Waals surface area contributed by atoms with E-state index >= 15 is 0 Å². The quantitative estimate of drug-likeness (QED) is 0.392. The molecule has 3 heteroatoms. The summed E-state index contributed by atoms with van der Waals surface area (Å²) >= 11 is 0. The Morgan fingerprint density at radius 1 is 0.846 bits per heavy atom. The van der Waals surface area contributed by atoms with Crippen LogP contribution in [0.4, 0.5) is 0 Å². The van der Waals surface area contributed by atoms with Gasteiger partial charge in [-0.1, -0.05) is 74.5 Å². The molecule has 0 N–H and O–H groups in total. The second-order valence-corrected chi connectivity index (χ2v) is 13.1. The van der Waals surface area contributed by atoms with Crippen LogP contribution in [-0.4, -0.2) is 25.4 Å². The van der Waals surface area contributed by atoms with E-state index in [9.17, 15) is 0 Å². The van der Waals surface area contributed by atoms with Gasteiger partial charge in [0.25, 0.3) is 0 Å². The summed E-state index contributed by atoms with van der Waals surface area (Å²) < 4.78 is 4.99. The molecule has 0 fully saturated rings. The molecule has 0 heterocycles. The molecule has 1 atom stereocenters. The Morgan fingerprint density at radius 3 is 1.69 bits per heavy atom. The molecule has 0 saturated carbocycles. The molecule has 0 aliphatic rings. The summed E-state index contributed by atoms with van der Waals surface area (Å²) in [5.41, 5.74) is 2.72. The molecule has 2 aromatic carbocycles. The molecule has 0 saturated heterocycles. The Kier molecular flexibility index (Phi) is 7.79. The van der Waals surface area contributed by atoms with Gasteiger partial charge in [0.2, 0.25) is 0 Å². The first-order chi connectivity index (χ1) is 12.3. The molecular formula is C23H34N2Si. The zero-order valence-corrected chi connectivity index (χ0v) is 18.0. The topological polar surface area (TPSA) is 15.6 Å². The fourth-order valence-corrected chi connectivity index (χ4v) is 3.64. The maximum absolute atomic E-state index is 4.99. The largest absolute Gasteiger partial charge is 0.332 e. The van der Waals surface area contributed by atoms with Crippen molar-refractivity contribution in [2.75, 3.05) is 0 Å². The van der Waals surface area contributed by atoms with Crippen molar-refractivity contribution >= 4 is 14.5 Å². The molecule has 0 amide bonds. The van der Waals surface area contributed by atoms with Gasteiger partial charge in [-0.3, -0.25) is 4.90 Å². The normalized spacial score (nSPS) is 13.7. The van der Waals surface area contributed by atoms with Gasteiger partial charge in [-0.25, -0.2) is 0 Å². The molecule has 0 aromatic heterocycles. The molecule has 1 unspecified atom stereocenters. The number of rotatable bonds is 9. The highest BCUT2D eigenvalue weighted by Crippen LogP contribution is 2.18. The lowest BCUT2D eigenvalue weighted by molar-refractivity contribution is 0.205. The van der Waals surface area contributed by atoms with E-state index in [0.717, 1.165) is 19.5 Å². The third kappa shape index (κ3) is 7.67. The second kappa shape index (κ2) is 9.84. The van der Waals surface area contributed by atoms with E-state index < -0.39 is 8.24 Å². The minimum atomic E-state index is -1.46. The van der Waals surface area contributed by atoms with E-state index in [-0.39, 0.29) is 0 Å². The fourth-order valence-electron chi connectivity index (χ4n) is 3.02. The SMILES string of the molecule is CC(C)CC(/C=N/[Si](C)(C)C)N(Cc1ccccc1)Cc1ccccc1. The molecule has 140 valence electrons. The molecule has 0 aliphatic heterocycles. The van der Waals surface area contributed by atoms with Crippen molar-refractivity contribution in [3.63, 3.8) is 0 Å². The first-order valence-electron chi connectivity index (χ1n) is 9.71. The lowest BCUT2D eigenvalue weighted by Crippen LogP contribution is -2.37. The molecule has 0 radical (unpaired) electrons. The van der Waals surface area contributed by atoms with E-state index in [2.05, 4.69) is 105 Å². The smallest absolute Gasteiger partial charge is 0.171 e. The van der Waals surface area contributed by atoms with Gasteiger partial charge in [-0.2, -0.15) is 0 Å². The predicted octanol–water partition coefficient (Wildman–Crippen LogP) is 6.01. The first kappa shape index (κ1) is 20.6. The highest BCUT2D eigenvalue weighted by atomic mass is 28.3. The summed E-state index contributed by atoms with van der Waals surface area (Å²) in [7, 11) is -1.46. The van der Waals surface area contributed by atoms with Crippen LogP contribution in [-0.2, 0) is 13.1 Å². The fraction of sp³-hybridized carbons (Fsp3) is 0.435. The van der Waals surface area contributed by atoms with Gasteiger partial charge in [0.15, 0.2) is 8.24 Å². The Balaban J connectivity index is 2.28. The molecule has 0 bridgehead atoms. The van der Waals surface area contributed by atoms with Gasteiger partial charge in [0.05, 0.1) is 0 Å². The molecule has 2 rings (SSSR count). The van der Waals surface area contributed by atoms with Crippen LogP contribution in [0.1, 0.15) is 31.4 Å². The molecule has 0 aliphatic carbocycles. The third-order valence-corrected chi connectivity index (χ3v) is 5.20. The van der Waals surface area contributed by atoms with Gasteiger partial charge in [-0.15, -0.1) is 0 Å². The summed E-state index contributed by atoms with van der Waals surface area (Å²) in [6.07, 6.45) is 3.38. The summed E-state index contributed by atoms with van der Waals surface area (Å²) in [5, 5.41) is 0. The lowest BCUT2D eigenvalue weighted by Gasteiger charge is -2.31. The maximum atomic E-state index is 4.99. The van der Waals surface area contributed by atoms with Gasteiger partial charge < -0.3 is 4.66 Å². The van der Waals surface area contributed by atoms with Crippen LogP contribution in [0.15, 0.2) is 65.3 Å². The van der Waals surface area contributed by atoms with Crippen LogP contribution < -0.4 is 0 Å². The molecule has 0 spiro atoms. The number of nitrogens with zero attached hydrogens (tertiary/aromatic N) is 2. The van der Waals surface area contributed by atoms with Crippen molar-refractivity contribution in [2.45, 2.75) is 59.0 Å². The van der Waals surface area contributed by atoms with E-state index in [1.807, 2.05) is 0 Å². The Morgan fingerprint density at radius 2 is 1.31 bits per heavy atom. The molecular weight excluding hydrogens is 332 g/mol. The van der Waals surface area contributed by atoms with E-state index in [1.165, 1.54) is 11.1 Å². The Bertz CT molecular complexity index is 618. The summed E-state index contributed by atoms with van der Waals surface area (Å²) in [4.78, 5) is 2.58. The summed E-state index contributed by atoms with van der Waals surface area (Å²) in [5.74, 6) is 0.641. The van der Waals surface area contributed by atoms with E-state index in [4.69, 9.17) is 4.66 Å². The van der Waals surface area contributed by atoms with Crippen LogP contribution >= 0.6 is 0 Å². The van der Waals surface area contributed by atoms with Crippen molar-refractivity contribution in [3.8, 4) is 0 Å². The number of hydrogen-bond donors (Lipinski definition) is 0. The van der Waals surface area contributed by atoms with Crippen molar-refractivity contribution < 1.29 is 0 Å².